The van der Waals surface area contributed by atoms with Crippen LogP contribution in [-0.4, -0.2) is 33.0 Å². The second-order valence-corrected chi connectivity index (χ2v) is 7.97. The zero-order chi connectivity index (χ0) is 16.0. The quantitative estimate of drug-likeness (QED) is 0.737. The standard InChI is InChI=1S/C13H20Cl2N2O2S2/c1-4-16-7-10-11(14)5-6-12(13(10)15)21(18,19)17-9(2)8-20-3/h5-6,9,16-17H,4,7-8H2,1-3H3. The van der Waals surface area contributed by atoms with Gasteiger partial charge in [0.2, 0.25) is 10.0 Å². The number of hydrogen-bond acceptors (Lipinski definition) is 4. The van der Waals surface area contributed by atoms with Gasteiger partial charge in [0.1, 0.15) is 4.90 Å². The molecule has 0 aromatic heterocycles. The van der Waals surface area contributed by atoms with Gasteiger partial charge in [-0.15, -0.1) is 0 Å². The molecule has 0 saturated carbocycles. The zero-order valence-corrected chi connectivity index (χ0v) is 15.4. The number of thioether (sulfide) groups is 1. The summed E-state index contributed by atoms with van der Waals surface area (Å²) < 4.78 is 27.4. The smallest absolute Gasteiger partial charge is 0.242 e. The maximum atomic E-state index is 12.4. The van der Waals surface area contributed by atoms with Crippen LogP contribution in [0.25, 0.3) is 0 Å². The molecule has 120 valence electrons. The predicted octanol–water partition coefficient (Wildman–Crippen LogP) is 3.13. The summed E-state index contributed by atoms with van der Waals surface area (Å²) in [6.45, 7) is 4.94. The Hall–Kier alpha value is 0.0200. The molecule has 0 radical (unpaired) electrons. The lowest BCUT2D eigenvalue weighted by molar-refractivity contribution is 0.571. The molecular weight excluding hydrogens is 351 g/mol. The van der Waals surface area contributed by atoms with E-state index in [1.165, 1.54) is 6.07 Å². The molecule has 21 heavy (non-hydrogen) atoms. The van der Waals surface area contributed by atoms with Crippen LogP contribution in [0, 0.1) is 0 Å². The fourth-order valence-electron chi connectivity index (χ4n) is 1.81. The zero-order valence-electron chi connectivity index (χ0n) is 12.2. The predicted molar refractivity (Wildman–Crippen MR) is 92.0 cm³/mol. The van der Waals surface area contributed by atoms with E-state index in [2.05, 4.69) is 10.0 Å². The molecular formula is C13H20Cl2N2O2S2. The van der Waals surface area contributed by atoms with Gasteiger partial charge in [0.25, 0.3) is 0 Å². The van der Waals surface area contributed by atoms with Crippen LogP contribution in [0.1, 0.15) is 19.4 Å². The Morgan fingerprint density at radius 3 is 2.57 bits per heavy atom. The molecule has 0 aliphatic carbocycles. The minimum absolute atomic E-state index is 0.0643. The first-order valence-electron chi connectivity index (χ1n) is 6.52. The van der Waals surface area contributed by atoms with Gasteiger partial charge in [-0.3, -0.25) is 0 Å². The minimum atomic E-state index is -3.66. The van der Waals surface area contributed by atoms with E-state index in [4.69, 9.17) is 23.2 Å². The average molecular weight is 371 g/mol. The van der Waals surface area contributed by atoms with Crippen molar-refractivity contribution in [3.8, 4) is 0 Å². The maximum absolute atomic E-state index is 12.4. The summed E-state index contributed by atoms with van der Waals surface area (Å²) in [5.74, 6) is 0.689. The van der Waals surface area contributed by atoms with E-state index in [1.807, 2.05) is 20.1 Å². The SMILES string of the molecule is CCNCc1c(Cl)ccc(S(=O)(=O)NC(C)CSC)c1Cl. The Morgan fingerprint density at radius 2 is 2.00 bits per heavy atom. The second kappa shape index (κ2) is 8.60. The number of sulfonamides is 1. The van der Waals surface area contributed by atoms with E-state index in [-0.39, 0.29) is 16.0 Å². The van der Waals surface area contributed by atoms with Crippen LogP contribution in [0.4, 0.5) is 0 Å². The van der Waals surface area contributed by atoms with Crippen molar-refractivity contribution in [1.82, 2.24) is 10.0 Å². The van der Waals surface area contributed by atoms with Gasteiger partial charge in [-0.25, -0.2) is 13.1 Å². The molecule has 0 heterocycles. The van der Waals surface area contributed by atoms with Crippen LogP contribution < -0.4 is 10.0 Å². The van der Waals surface area contributed by atoms with E-state index in [1.54, 1.807) is 17.8 Å². The van der Waals surface area contributed by atoms with Crippen LogP contribution in [0.3, 0.4) is 0 Å². The molecule has 0 spiro atoms. The largest absolute Gasteiger partial charge is 0.313 e. The monoisotopic (exact) mass is 370 g/mol. The highest BCUT2D eigenvalue weighted by Crippen LogP contribution is 2.31. The van der Waals surface area contributed by atoms with Gasteiger partial charge in [0.05, 0.1) is 5.02 Å². The second-order valence-electron chi connectivity index (χ2n) is 4.60. The Bertz CT molecular complexity index is 580. The summed E-state index contributed by atoms with van der Waals surface area (Å²) >= 11 is 13.9. The highest BCUT2D eigenvalue weighted by molar-refractivity contribution is 7.98. The lowest BCUT2D eigenvalue weighted by atomic mass is 10.2. The fourth-order valence-corrected chi connectivity index (χ4v) is 4.65. The number of nitrogens with one attached hydrogen (secondary N) is 2. The van der Waals surface area contributed by atoms with Gasteiger partial charge in [-0.05, 0) is 31.9 Å². The first kappa shape index (κ1) is 19.1. The number of rotatable bonds is 8. The lowest BCUT2D eigenvalue weighted by Gasteiger charge is -2.16. The Morgan fingerprint density at radius 1 is 1.33 bits per heavy atom. The first-order valence-corrected chi connectivity index (χ1v) is 10.2. The molecule has 0 amide bonds. The summed E-state index contributed by atoms with van der Waals surface area (Å²) in [6, 6.07) is 2.83. The summed E-state index contributed by atoms with van der Waals surface area (Å²) in [6.07, 6.45) is 1.93. The molecule has 0 aliphatic rings. The number of benzene rings is 1. The van der Waals surface area contributed by atoms with Crippen LogP contribution in [0.2, 0.25) is 10.0 Å². The maximum Gasteiger partial charge on any atom is 0.242 e. The first-order chi connectivity index (χ1) is 9.83. The van der Waals surface area contributed by atoms with Crippen molar-refractivity contribution in [3.63, 3.8) is 0 Å². The van der Waals surface area contributed by atoms with Crippen molar-refractivity contribution in [2.45, 2.75) is 31.3 Å². The normalized spacial score (nSPS) is 13.4. The Kier molecular flexibility index (Phi) is 7.81. The van der Waals surface area contributed by atoms with Gasteiger partial charge >= 0.3 is 0 Å². The molecule has 2 N–H and O–H groups in total. The third kappa shape index (κ3) is 5.30. The van der Waals surface area contributed by atoms with Crippen LogP contribution in [0.5, 0.6) is 0 Å². The van der Waals surface area contributed by atoms with Crippen molar-refractivity contribution in [2.24, 2.45) is 0 Å². The Labute approximate surface area is 141 Å². The van der Waals surface area contributed by atoms with Crippen LogP contribution in [-0.2, 0) is 16.6 Å². The summed E-state index contributed by atoms with van der Waals surface area (Å²) in [7, 11) is -3.66. The molecule has 0 fully saturated rings. The van der Waals surface area contributed by atoms with Gasteiger partial charge in [-0.2, -0.15) is 11.8 Å². The number of halogens is 2. The van der Waals surface area contributed by atoms with Crippen LogP contribution >= 0.6 is 35.0 Å². The fraction of sp³-hybridized carbons (Fsp3) is 0.538. The lowest BCUT2D eigenvalue weighted by Crippen LogP contribution is -2.34. The van der Waals surface area contributed by atoms with E-state index in [0.29, 0.717) is 22.9 Å². The van der Waals surface area contributed by atoms with Crippen LogP contribution in [0.15, 0.2) is 17.0 Å². The van der Waals surface area contributed by atoms with E-state index in [9.17, 15) is 8.42 Å². The topological polar surface area (TPSA) is 58.2 Å². The van der Waals surface area contributed by atoms with Gasteiger partial charge in [-0.1, -0.05) is 30.1 Å². The van der Waals surface area contributed by atoms with E-state index < -0.39 is 10.0 Å². The molecule has 0 saturated heterocycles. The molecule has 1 atom stereocenters. The molecule has 1 aromatic carbocycles. The molecule has 1 unspecified atom stereocenters. The number of hydrogen-bond donors (Lipinski definition) is 2. The Balaban J connectivity index is 3.12. The highest BCUT2D eigenvalue weighted by Gasteiger charge is 2.23. The van der Waals surface area contributed by atoms with Crippen molar-refractivity contribution in [2.75, 3.05) is 18.6 Å². The summed E-state index contributed by atoms with van der Waals surface area (Å²) in [5.41, 5.74) is 0.598. The van der Waals surface area contributed by atoms with Crippen molar-refractivity contribution < 1.29 is 8.42 Å². The van der Waals surface area contributed by atoms with Crippen molar-refractivity contribution >= 4 is 45.0 Å². The molecule has 1 aromatic rings. The molecule has 8 heteroatoms. The molecule has 1 rings (SSSR count). The van der Waals surface area contributed by atoms with E-state index in [0.717, 1.165) is 6.54 Å². The van der Waals surface area contributed by atoms with Crippen molar-refractivity contribution in [3.05, 3.63) is 27.7 Å². The molecule has 0 bridgehead atoms. The summed E-state index contributed by atoms with van der Waals surface area (Å²) in [5, 5.41) is 3.73. The third-order valence-corrected chi connectivity index (χ3v) is 6.13. The summed E-state index contributed by atoms with van der Waals surface area (Å²) in [4.78, 5) is 0.0643. The highest BCUT2D eigenvalue weighted by atomic mass is 35.5. The van der Waals surface area contributed by atoms with Gasteiger partial charge in [0, 0.05) is 28.9 Å². The van der Waals surface area contributed by atoms with Crippen molar-refractivity contribution in [1.29, 1.82) is 0 Å². The molecule has 4 nitrogen and oxygen atoms in total. The third-order valence-electron chi connectivity index (χ3n) is 2.76. The minimum Gasteiger partial charge on any atom is -0.313 e. The van der Waals surface area contributed by atoms with E-state index >= 15 is 0 Å². The van der Waals surface area contributed by atoms with Gasteiger partial charge in [0.15, 0.2) is 0 Å². The van der Waals surface area contributed by atoms with Gasteiger partial charge < -0.3 is 5.32 Å². The molecule has 0 aliphatic heterocycles. The average Bonchev–Trinajstić information content (AvgIpc) is 2.37.